The van der Waals surface area contributed by atoms with Crippen LogP contribution in [0.2, 0.25) is 10.0 Å². The summed E-state index contributed by atoms with van der Waals surface area (Å²) in [6.45, 7) is 1.92. The number of hydrogen-bond donors (Lipinski definition) is 2. The van der Waals surface area contributed by atoms with Gasteiger partial charge in [0.05, 0.1) is 28.3 Å². The van der Waals surface area contributed by atoms with E-state index in [0.717, 1.165) is 23.7 Å². The number of aliphatic carboxylic acids is 1. The second-order valence-electron chi connectivity index (χ2n) is 13.5. The van der Waals surface area contributed by atoms with E-state index in [1.165, 1.54) is 7.11 Å². The number of hydrogen-bond acceptors (Lipinski definition) is 7. The number of para-hydroxylation sites is 1. The normalized spacial score (nSPS) is 23.8. The Kier molecular flexibility index (Phi) is 11.0. The number of benzene rings is 2. The van der Waals surface area contributed by atoms with E-state index in [9.17, 15) is 23.9 Å². The standard InChI is InChI=1S/C36H43Cl2FN4O6/c1-41-21-27(26-7-3-4-8-31(26)41)34(45)40-30-19-28(37)24(17-29(30)38)18-32(44)36(42-14-5-6-15-42,43-16-13-23(20-43)33(39)48-2)49-25-11-9-22(10-12-25)35(46)47/h3-4,7-8,17,19,21-23,25,33H,5-6,9-16,18,20H2,1-2H3,(H,40,45)(H,46,47). The Bertz CT molecular complexity index is 1710. The average molecular weight is 718 g/mol. The van der Waals surface area contributed by atoms with Crippen molar-refractivity contribution in [3.8, 4) is 0 Å². The number of aromatic nitrogens is 1. The van der Waals surface area contributed by atoms with E-state index in [-0.39, 0.29) is 40.8 Å². The van der Waals surface area contributed by atoms with E-state index in [4.69, 9.17) is 32.7 Å². The highest BCUT2D eigenvalue weighted by Gasteiger charge is 2.55. The smallest absolute Gasteiger partial charge is 0.306 e. The molecule has 2 N–H and O–H groups in total. The Morgan fingerprint density at radius 3 is 2.43 bits per heavy atom. The lowest BCUT2D eigenvalue weighted by Gasteiger charge is -2.48. The van der Waals surface area contributed by atoms with Gasteiger partial charge in [-0.1, -0.05) is 41.4 Å². The third-order valence-corrected chi connectivity index (χ3v) is 11.0. The predicted molar refractivity (Wildman–Crippen MR) is 186 cm³/mol. The van der Waals surface area contributed by atoms with Gasteiger partial charge in [0.1, 0.15) is 0 Å². The first kappa shape index (κ1) is 35.8. The molecule has 3 aromatic rings. The Balaban J connectivity index is 1.28. The van der Waals surface area contributed by atoms with Crippen LogP contribution >= 0.6 is 23.2 Å². The molecule has 2 aromatic carbocycles. The summed E-state index contributed by atoms with van der Waals surface area (Å²) in [6, 6.07) is 10.8. The second-order valence-corrected chi connectivity index (χ2v) is 14.3. The molecule has 1 aliphatic carbocycles. The number of aryl methyl sites for hydroxylation is 1. The molecule has 10 nitrogen and oxygen atoms in total. The lowest BCUT2D eigenvalue weighted by atomic mass is 9.87. The predicted octanol–water partition coefficient (Wildman–Crippen LogP) is 6.52. The molecule has 3 atom stereocenters. The van der Waals surface area contributed by atoms with Crippen LogP contribution in [0.25, 0.3) is 10.9 Å². The van der Waals surface area contributed by atoms with Crippen LogP contribution in [-0.4, -0.2) is 88.7 Å². The summed E-state index contributed by atoms with van der Waals surface area (Å²) in [4.78, 5) is 43.9. The van der Waals surface area contributed by atoms with Crippen LogP contribution in [0.4, 0.5) is 10.1 Å². The molecule has 3 aliphatic rings. The molecule has 264 valence electrons. The Morgan fingerprint density at radius 1 is 1.02 bits per heavy atom. The fourth-order valence-corrected chi connectivity index (χ4v) is 8.20. The highest BCUT2D eigenvalue weighted by atomic mass is 35.5. The van der Waals surface area contributed by atoms with Crippen LogP contribution in [-0.2, 0) is 32.5 Å². The molecule has 6 rings (SSSR count). The third-order valence-electron chi connectivity index (χ3n) is 10.4. The maximum Gasteiger partial charge on any atom is 0.306 e. The number of likely N-dealkylation sites (tertiary alicyclic amines) is 2. The van der Waals surface area contributed by atoms with Crippen molar-refractivity contribution in [3.05, 3.63) is 63.8 Å². The zero-order chi connectivity index (χ0) is 34.9. The van der Waals surface area contributed by atoms with Crippen LogP contribution in [0, 0.1) is 11.8 Å². The summed E-state index contributed by atoms with van der Waals surface area (Å²) >= 11 is 13.5. The molecule has 0 radical (unpaired) electrons. The number of ether oxygens (including phenoxy) is 2. The number of carbonyl (C=O) groups excluding carboxylic acids is 2. The van der Waals surface area contributed by atoms with Gasteiger partial charge in [0.15, 0.2) is 5.78 Å². The van der Waals surface area contributed by atoms with E-state index in [1.807, 2.05) is 40.8 Å². The number of nitrogens with one attached hydrogen (secondary N) is 1. The van der Waals surface area contributed by atoms with Gasteiger partial charge in [-0.15, -0.1) is 0 Å². The molecule has 2 aliphatic heterocycles. The molecule has 0 bridgehead atoms. The van der Waals surface area contributed by atoms with Crippen molar-refractivity contribution in [2.45, 2.75) is 69.7 Å². The van der Waals surface area contributed by atoms with E-state index in [2.05, 4.69) is 10.2 Å². The van der Waals surface area contributed by atoms with Crippen LogP contribution < -0.4 is 5.32 Å². The molecule has 0 spiro atoms. The number of methoxy groups -OCH3 is 1. The van der Waals surface area contributed by atoms with Gasteiger partial charge in [-0.3, -0.25) is 24.2 Å². The van der Waals surface area contributed by atoms with Gasteiger partial charge in [-0.25, -0.2) is 4.39 Å². The lowest BCUT2D eigenvalue weighted by Crippen LogP contribution is -2.67. The molecule has 49 heavy (non-hydrogen) atoms. The zero-order valence-electron chi connectivity index (χ0n) is 27.8. The number of fused-ring (bicyclic) bond motifs is 1. The van der Waals surface area contributed by atoms with Crippen molar-refractivity contribution in [3.63, 3.8) is 0 Å². The van der Waals surface area contributed by atoms with Gasteiger partial charge in [0, 0.05) is 74.8 Å². The fourth-order valence-electron chi connectivity index (χ4n) is 7.74. The van der Waals surface area contributed by atoms with E-state index in [0.29, 0.717) is 68.6 Å². The van der Waals surface area contributed by atoms with Gasteiger partial charge in [0.2, 0.25) is 12.2 Å². The van der Waals surface area contributed by atoms with Crippen molar-refractivity contribution >= 4 is 57.5 Å². The summed E-state index contributed by atoms with van der Waals surface area (Å²) in [5.74, 6) is -3.80. The molecule has 3 unspecified atom stereocenters. The monoisotopic (exact) mass is 716 g/mol. The van der Waals surface area contributed by atoms with Crippen molar-refractivity contribution in [2.24, 2.45) is 18.9 Å². The van der Waals surface area contributed by atoms with Gasteiger partial charge in [-0.2, -0.15) is 0 Å². The number of nitrogens with zero attached hydrogens (tertiary/aromatic N) is 3. The van der Waals surface area contributed by atoms with Gasteiger partial charge in [-0.05, 0) is 68.7 Å². The molecule has 1 saturated carbocycles. The number of carboxylic acids is 1. The van der Waals surface area contributed by atoms with E-state index in [1.54, 1.807) is 18.3 Å². The number of halogens is 3. The van der Waals surface area contributed by atoms with Crippen molar-refractivity contribution in [1.29, 1.82) is 0 Å². The highest BCUT2D eigenvalue weighted by Crippen LogP contribution is 2.40. The molecule has 3 fully saturated rings. The van der Waals surface area contributed by atoms with Crippen LogP contribution in [0.1, 0.15) is 60.9 Å². The Morgan fingerprint density at radius 2 is 1.73 bits per heavy atom. The number of amides is 1. The second kappa shape index (κ2) is 15.0. The Hall–Kier alpha value is -3.06. The topological polar surface area (TPSA) is 113 Å². The fraction of sp³-hybridized carbons (Fsp3) is 0.528. The largest absolute Gasteiger partial charge is 0.481 e. The zero-order valence-corrected chi connectivity index (χ0v) is 29.3. The lowest BCUT2D eigenvalue weighted by molar-refractivity contribution is -0.253. The van der Waals surface area contributed by atoms with E-state index >= 15 is 0 Å². The highest BCUT2D eigenvalue weighted by molar-refractivity contribution is 6.36. The molecule has 13 heteroatoms. The average Bonchev–Trinajstić information content (AvgIpc) is 3.88. The third kappa shape index (κ3) is 7.25. The molecule has 2 saturated heterocycles. The summed E-state index contributed by atoms with van der Waals surface area (Å²) < 4.78 is 28.6. The number of carboxylic acid groups (broad SMARTS) is 1. The van der Waals surface area contributed by atoms with Gasteiger partial charge in [0.25, 0.3) is 5.91 Å². The molecule has 1 amide bonds. The first-order valence-electron chi connectivity index (χ1n) is 17.0. The number of Topliss-reactive ketones (excluding diaryl/α,β-unsaturated/α-hetero) is 1. The van der Waals surface area contributed by atoms with Crippen LogP contribution in [0.5, 0.6) is 0 Å². The summed E-state index contributed by atoms with van der Waals surface area (Å²) in [6.07, 6.45) is 3.96. The summed E-state index contributed by atoms with van der Waals surface area (Å²) in [7, 11) is 3.21. The first-order valence-corrected chi connectivity index (χ1v) is 17.7. The molecule has 1 aromatic heterocycles. The van der Waals surface area contributed by atoms with Crippen molar-refractivity contribution < 1.29 is 33.4 Å². The number of carbonyl (C=O) groups is 3. The van der Waals surface area contributed by atoms with E-state index < -0.39 is 30.0 Å². The van der Waals surface area contributed by atoms with Crippen LogP contribution in [0.15, 0.2) is 42.6 Å². The summed E-state index contributed by atoms with van der Waals surface area (Å²) in [5.41, 5.74) is 2.19. The SMILES string of the molecule is COC(F)C1CCN(C(OC2CCC(C(=O)O)CC2)(C(=O)Cc2cc(Cl)c(NC(=O)c3cn(C)c4ccccc34)cc2Cl)N2CCCC2)C1. The summed E-state index contributed by atoms with van der Waals surface area (Å²) in [5, 5.41) is 13.7. The number of ketones is 1. The van der Waals surface area contributed by atoms with Gasteiger partial charge >= 0.3 is 5.97 Å². The van der Waals surface area contributed by atoms with Crippen molar-refractivity contribution in [2.75, 3.05) is 38.6 Å². The maximum atomic E-state index is 14.8. The molecular weight excluding hydrogens is 674 g/mol. The maximum absolute atomic E-state index is 14.8. The number of alkyl halides is 1. The minimum atomic E-state index is -1.50. The van der Waals surface area contributed by atoms with Crippen LogP contribution in [0.3, 0.4) is 0 Å². The molecule has 3 heterocycles. The molecular formula is C36H43Cl2FN4O6. The first-order chi connectivity index (χ1) is 23.5. The minimum absolute atomic E-state index is 0.123. The minimum Gasteiger partial charge on any atom is -0.481 e. The van der Waals surface area contributed by atoms with Gasteiger partial charge < -0.3 is 24.5 Å². The number of anilines is 1. The van der Waals surface area contributed by atoms with Crippen molar-refractivity contribution in [1.82, 2.24) is 14.4 Å². The quantitative estimate of drug-likeness (QED) is 0.218. The Labute approximate surface area is 295 Å². The number of rotatable bonds is 12.